The molecule has 29 heavy (non-hydrogen) atoms. The second-order valence-electron chi connectivity index (χ2n) is 9.24. The zero-order valence-corrected chi connectivity index (χ0v) is 19.8. The van der Waals surface area contributed by atoms with Gasteiger partial charge < -0.3 is 4.57 Å². The molecule has 1 unspecified atom stereocenters. The molecule has 0 fully saturated rings. The van der Waals surface area contributed by atoms with Crippen molar-refractivity contribution in [3.8, 4) is 0 Å². The van der Waals surface area contributed by atoms with E-state index in [1.807, 2.05) is 13.8 Å². The van der Waals surface area contributed by atoms with Gasteiger partial charge in [0.05, 0.1) is 0 Å². The topological polar surface area (TPSA) is 34.1 Å². The fourth-order valence-electron chi connectivity index (χ4n) is 3.80. The molecule has 2 rings (SSSR count). The van der Waals surface area contributed by atoms with E-state index in [9.17, 15) is 9.36 Å². The smallest absolute Gasteiger partial charge is 0.219 e. The number of hydrogen-bond acceptors (Lipinski definition) is 2. The number of benzene rings is 2. The second-order valence-corrected chi connectivity index (χ2v) is 11.0. The maximum absolute atomic E-state index is 12.8. The van der Waals surface area contributed by atoms with E-state index in [4.69, 9.17) is 0 Å². The third-order valence-electron chi connectivity index (χ3n) is 5.59. The van der Waals surface area contributed by atoms with E-state index in [1.165, 1.54) is 24.0 Å². The van der Waals surface area contributed by atoms with Gasteiger partial charge in [-0.25, -0.2) is 0 Å². The van der Waals surface area contributed by atoms with E-state index < -0.39 is 7.80 Å². The van der Waals surface area contributed by atoms with Crippen molar-refractivity contribution >= 4 is 13.3 Å². The Bertz CT molecular complexity index is 809. The van der Waals surface area contributed by atoms with E-state index in [0.717, 1.165) is 36.8 Å². The van der Waals surface area contributed by atoms with Gasteiger partial charge in [0, 0.05) is 11.7 Å². The number of unbranched alkanes of at least 4 members (excludes halogenated alkanes) is 4. The van der Waals surface area contributed by atoms with Crippen molar-refractivity contribution in [3.63, 3.8) is 0 Å². The van der Waals surface area contributed by atoms with Crippen LogP contribution in [0.4, 0.5) is 0 Å². The third kappa shape index (κ3) is 7.27. The van der Waals surface area contributed by atoms with E-state index in [-0.39, 0.29) is 10.9 Å². The van der Waals surface area contributed by atoms with Crippen molar-refractivity contribution < 1.29 is 9.36 Å². The molecule has 0 saturated carbocycles. The minimum absolute atomic E-state index is 0.0445. The largest absolute Gasteiger partial charge is 0.318 e. The van der Waals surface area contributed by atoms with Crippen LogP contribution in [0, 0.1) is 13.8 Å². The zero-order valence-electron chi connectivity index (χ0n) is 18.8. The van der Waals surface area contributed by atoms with Crippen LogP contribution in [0.3, 0.4) is 0 Å². The molecule has 0 radical (unpaired) electrons. The Morgan fingerprint density at radius 3 is 2.00 bits per heavy atom. The van der Waals surface area contributed by atoms with Gasteiger partial charge in [-0.2, -0.15) is 0 Å². The van der Waals surface area contributed by atoms with Crippen LogP contribution >= 0.6 is 7.80 Å². The van der Waals surface area contributed by atoms with Gasteiger partial charge in [-0.15, -0.1) is 0 Å². The van der Waals surface area contributed by atoms with E-state index in [1.54, 1.807) is 0 Å². The molecule has 3 heteroatoms. The predicted molar refractivity (Wildman–Crippen MR) is 126 cm³/mol. The summed E-state index contributed by atoms with van der Waals surface area (Å²) in [7, 11) is -2.24. The highest BCUT2D eigenvalue weighted by Gasteiger charge is 2.22. The Morgan fingerprint density at radius 2 is 1.41 bits per heavy atom. The molecule has 0 saturated heterocycles. The highest BCUT2D eigenvalue weighted by atomic mass is 31.1. The van der Waals surface area contributed by atoms with Crippen LogP contribution in [0.25, 0.3) is 0 Å². The van der Waals surface area contributed by atoms with Crippen molar-refractivity contribution in [2.45, 2.75) is 78.6 Å². The van der Waals surface area contributed by atoms with Crippen LogP contribution in [-0.2, 0) is 16.4 Å². The van der Waals surface area contributed by atoms with Crippen LogP contribution in [0.1, 0.15) is 85.5 Å². The Morgan fingerprint density at radius 1 is 0.862 bits per heavy atom. The Kier molecular flexibility index (Phi) is 8.90. The second kappa shape index (κ2) is 10.9. The molecule has 0 aliphatic heterocycles. The van der Waals surface area contributed by atoms with Gasteiger partial charge in [0.15, 0.2) is 0 Å². The number of hydrogen-bond donors (Lipinski definition) is 0. The molecule has 0 bridgehead atoms. The van der Waals surface area contributed by atoms with E-state index in [2.05, 4.69) is 63.2 Å². The van der Waals surface area contributed by atoms with Gasteiger partial charge in [-0.1, -0.05) is 82.5 Å². The molecule has 158 valence electrons. The van der Waals surface area contributed by atoms with Crippen molar-refractivity contribution in [3.05, 3.63) is 70.3 Å². The van der Waals surface area contributed by atoms with Gasteiger partial charge in [0.25, 0.3) is 0 Å². The van der Waals surface area contributed by atoms with Gasteiger partial charge in [0.2, 0.25) is 5.52 Å². The molecule has 0 amide bonds. The average Bonchev–Trinajstić information content (AvgIpc) is 2.66. The van der Waals surface area contributed by atoms with Crippen LogP contribution in [0.15, 0.2) is 42.5 Å². The number of carbonyl (C=O) groups excluding carboxylic acids is 1. The summed E-state index contributed by atoms with van der Waals surface area (Å²) in [5, 5.41) is 0. The van der Waals surface area contributed by atoms with E-state index in [0.29, 0.717) is 11.7 Å². The first-order valence-electron chi connectivity index (χ1n) is 10.9. The maximum atomic E-state index is 12.8. The highest BCUT2D eigenvalue weighted by Crippen LogP contribution is 2.34. The van der Waals surface area contributed by atoms with Gasteiger partial charge in [-0.3, -0.25) is 4.79 Å². The fourth-order valence-corrected chi connectivity index (χ4v) is 5.27. The predicted octanol–water partition coefficient (Wildman–Crippen LogP) is 7.49. The summed E-state index contributed by atoms with van der Waals surface area (Å²) in [6, 6.07) is 14.7. The van der Waals surface area contributed by atoms with Gasteiger partial charge in [0.1, 0.15) is 7.80 Å². The standard InChI is InChI=1S/C26H37O2P/c1-20-18-23(26(3,4)5)19-21(2)24(20)25(27)29(28)17-13-8-6-7-10-14-22-15-11-9-12-16-22/h9,11-12,15-16,18-19,29H,6-8,10,13-14,17H2,1-5H3. The number of aryl methyl sites for hydroxylation is 3. The molecule has 0 aromatic heterocycles. The first-order chi connectivity index (χ1) is 13.7. The maximum Gasteiger partial charge on any atom is 0.219 e. The van der Waals surface area contributed by atoms with Crippen molar-refractivity contribution in [1.29, 1.82) is 0 Å². The SMILES string of the molecule is Cc1cc(C(C)(C)C)cc(C)c1C(=O)[PH](=O)CCCCCCCc1ccccc1. The summed E-state index contributed by atoms with van der Waals surface area (Å²) >= 11 is 0. The Labute approximate surface area is 177 Å². The lowest BCUT2D eigenvalue weighted by Gasteiger charge is -2.22. The van der Waals surface area contributed by atoms with Crippen LogP contribution < -0.4 is 0 Å². The quantitative estimate of drug-likeness (QED) is 0.299. The molecule has 2 aromatic carbocycles. The Hall–Kier alpha value is -1.66. The average molecular weight is 413 g/mol. The normalized spacial score (nSPS) is 12.7. The molecular weight excluding hydrogens is 375 g/mol. The molecule has 0 aliphatic carbocycles. The summed E-state index contributed by atoms with van der Waals surface area (Å²) in [6.07, 6.45) is 7.13. The van der Waals surface area contributed by atoms with Crippen LogP contribution in [0.5, 0.6) is 0 Å². The van der Waals surface area contributed by atoms with E-state index >= 15 is 0 Å². The lowest BCUT2D eigenvalue weighted by molar-refractivity contribution is 0.107. The summed E-state index contributed by atoms with van der Waals surface area (Å²) in [5.41, 5.74) is 5.13. The lowest BCUT2D eigenvalue weighted by Crippen LogP contribution is -2.13. The molecular formula is C26H37O2P. The molecule has 2 nitrogen and oxygen atoms in total. The van der Waals surface area contributed by atoms with Gasteiger partial charge in [-0.05, 0) is 60.8 Å². The zero-order chi connectivity index (χ0) is 21.4. The Balaban J connectivity index is 1.77. The molecule has 0 heterocycles. The van der Waals surface area contributed by atoms with Crippen LogP contribution in [0.2, 0.25) is 0 Å². The lowest BCUT2D eigenvalue weighted by atomic mass is 9.84. The molecule has 1 atom stereocenters. The van der Waals surface area contributed by atoms with Gasteiger partial charge >= 0.3 is 0 Å². The van der Waals surface area contributed by atoms with Crippen molar-refractivity contribution in [1.82, 2.24) is 0 Å². The first kappa shape index (κ1) is 23.6. The molecule has 0 spiro atoms. The minimum atomic E-state index is -2.24. The van der Waals surface area contributed by atoms with Crippen molar-refractivity contribution in [2.75, 3.05) is 6.16 Å². The third-order valence-corrected chi connectivity index (χ3v) is 7.16. The number of rotatable bonds is 10. The summed E-state index contributed by atoms with van der Waals surface area (Å²) in [5.74, 6) is 0. The molecule has 0 aliphatic rings. The minimum Gasteiger partial charge on any atom is -0.318 e. The fraction of sp³-hybridized carbons (Fsp3) is 0.500. The summed E-state index contributed by atoms with van der Waals surface area (Å²) in [6.45, 7) is 10.5. The first-order valence-corrected chi connectivity index (χ1v) is 12.5. The highest BCUT2D eigenvalue weighted by molar-refractivity contribution is 7.64. The van der Waals surface area contributed by atoms with Crippen molar-refractivity contribution in [2.24, 2.45) is 0 Å². The monoisotopic (exact) mass is 412 g/mol. The van der Waals surface area contributed by atoms with Crippen LogP contribution in [-0.4, -0.2) is 11.7 Å². The summed E-state index contributed by atoms with van der Waals surface area (Å²) < 4.78 is 12.6. The molecule has 0 N–H and O–H groups in total. The molecule has 2 aromatic rings. The number of carbonyl (C=O) groups is 1. The summed E-state index contributed by atoms with van der Waals surface area (Å²) in [4.78, 5) is 12.8.